The summed E-state index contributed by atoms with van der Waals surface area (Å²) in [6, 6.07) is 10.8. The van der Waals surface area contributed by atoms with Crippen LogP contribution in [0.25, 0.3) is 22.0 Å². The van der Waals surface area contributed by atoms with Crippen molar-refractivity contribution in [2.75, 3.05) is 18.4 Å². The quantitative estimate of drug-likeness (QED) is 0.595. The molecule has 0 saturated heterocycles. The number of amides is 1. The van der Waals surface area contributed by atoms with Crippen LogP contribution in [-0.4, -0.2) is 23.6 Å². The Kier molecular flexibility index (Phi) is 4.83. The van der Waals surface area contributed by atoms with E-state index >= 15 is 0 Å². The van der Waals surface area contributed by atoms with Crippen molar-refractivity contribution in [2.45, 2.75) is 18.9 Å². The lowest BCUT2D eigenvalue weighted by Gasteiger charge is -2.16. The van der Waals surface area contributed by atoms with Crippen LogP contribution in [0.3, 0.4) is 0 Å². The van der Waals surface area contributed by atoms with Crippen LogP contribution < -0.4 is 22.2 Å². The predicted octanol–water partition coefficient (Wildman–Crippen LogP) is 3.13. The average Bonchev–Trinajstić information content (AvgIpc) is 3.52. The Balaban J connectivity index is 2.01. The number of nitrogens with two attached hydrogens (primary N) is 2. The lowest BCUT2D eigenvalue weighted by molar-refractivity contribution is 0.100. The summed E-state index contributed by atoms with van der Waals surface area (Å²) < 4.78 is 2.09. The number of nitrogens with zero attached hydrogens (tertiary/aromatic N) is 1. The Bertz CT molecular complexity index is 1140. The van der Waals surface area contributed by atoms with Crippen LogP contribution in [0, 0.1) is 0 Å². The molecule has 0 bridgehead atoms. The van der Waals surface area contributed by atoms with E-state index in [4.69, 9.17) is 23.1 Å². The summed E-state index contributed by atoms with van der Waals surface area (Å²) in [5, 5.41) is 4.25. The van der Waals surface area contributed by atoms with E-state index in [0.29, 0.717) is 51.9 Å². The number of pyridine rings is 1. The minimum absolute atomic E-state index is 0.159. The summed E-state index contributed by atoms with van der Waals surface area (Å²) in [5.74, 6) is -0.561. The van der Waals surface area contributed by atoms with Crippen molar-refractivity contribution in [3.05, 3.63) is 63.4 Å². The van der Waals surface area contributed by atoms with Gasteiger partial charge < -0.3 is 21.4 Å². The van der Waals surface area contributed by atoms with E-state index in [-0.39, 0.29) is 5.43 Å². The molecule has 28 heavy (non-hydrogen) atoms. The molecule has 1 fully saturated rings. The first-order valence-electron chi connectivity index (χ1n) is 9.22. The van der Waals surface area contributed by atoms with Gasteiger partial charge in [-0.3, -0.25) is 9.59 Å². The Hall–Kier alpha value is -2.83. The van der Waals surface area contributed by atoms with Gasteiger partial charge in [-0.25, -0.2) is 0 Å². The molecule has 1 aliphatic rings. The van der Waals surface area contributed by atoms with Crippen molar-refractivity contribution in [1.29, 1.82) is 0 Å². The van der Waals surface area contributed by atoms with Crippen LogP contribution in [0.15, 0.2) is 47.4 Å². The van der Waals surface area contributed by atoms with Gasteiger partial charge in [0.05, 0.1) is 16.2 Å². The minimum Gasteiger partial charge on any atom is -0.383 e. The Morgan fingerprint density at radius 1 is 1.21 bits per heavy atom. The summed E-state index contributed by atoms with van der Waals surface area (Å²) in [5.41, 5.74) is 13.7. The van der Waals surface area contributed by atoms with Crippen molar-refractivity contribution in [3.63, 3.8) is 0 Å². The van der Waals surface area contributed by atoms with E-state index in [0.717, 1.165) is 18.4 Å². The van der Waals surface area contributed by atoms with Crippen molar-refractivity contribution in [1.82, 2.24) is 4.57 Å². The third kappa shape index (κ3) is 3.25. The van der Waals surface area contributed by atoms with Crippen LogP contribution in [0.5, 0.6) is 0 Å². The van der Waals surface area contributed by atoms with Gasteiger partial charge in [-0.05, 0) is 36.6 Å². The van der Waals surface area contributed by atoms with E-state index in [1.165, 1.54) is 0 Å². The van der Waals surface area contributed by atoms with Gasteiger partial charge >= 0.3 is 0 Å². The number of hydrogen-bond acceptors (Lipinski definition) is 4. The Labute approximate surface area is 167 Å². The zero-order valence-electron chi connectivity index (χ0n) is 15.2. The van der Waals surface area contributed by atoms with Crippen LogP contribution in [0.4, 0.5) is 5.69 Å². The average molecular weight is 397 g/mol. The topological polar surface area (TPSA) is 103 Å². The SMILES string of the molecule is NCCNc1cc2c(=O)c(-c3ccccc3C(N)=O)cn(C3CC3)c2cc1Cl. The maximum atomic E-state index is 13.4. The molecule has 7 heteroatoms. The number of rotatable bonds is 6. The van der Waals surface area contributed by atoms with Crippen molar-refractivity contribution in [2.24, 2.45) is 11.5 Å². The number of benzene rings is 2. The van der Waals surface area contributed by atoms with E-state index < -0.39 is 5.91 Å². The number of aromatic nitrogens is 1. The fourth-order valence-corrected chi connectivity index (χ4v) is 3.72. The highest BCUT2D eigenvalue weighted by atomic mass is 35.5. The summed E-state index contributed by atoms with van der Waals surface area (Å²) in [6.45, 7) is 0.999. The van der Waals surface area contributed by atoms with Gasteiger partial charge in [0.25, 0.3) is 0 Å². The fraction of sp³-hybridized carbons (Fsp3) is 0.238. The Morgan fingerprint density at radius 3 is 2.64 bits per heavy atom. The standard InChI is InChI=1S/C21H21ClN4O2/c22-17-10-19-15(9-18(17)25-8-7-23)20(27)16(11-26(19)12-5-6-12)13-3-1-2-4-14(13)21(24)28/h1-4,9-12,25H,5-8,23H2,(H2,24,28). The number of nitrogens with one attached hydrogen (secondary N) is 1. The van der Waals surface area contributed by atoms with Gasteiger partial charge in [-0.15, -0.1) is 0 Å². The van der Waals surface area contributed by atoms with E-state index in [1.807, 2.05) is 12.3 Å². The van der Waals surface area contributed by atoms with Crippen LogP contribution in [0.1, 0.15) is 29.2 Å². The lowest BCUT2D eigenvalue weighted by atomic mass is 9.98. The van der Waals surface area contributed by atoms with Gasteiger partial charge in [-0.1, -0.05) is 29.8 Å². The predicted molar refractivity (Wildman–Crippen MR) is 113 cm³/mol. The van der Waals surface area contributed by atoms with Gasteiger partial charge in [-0.2, -0.15) is 0 Å². The Morgan fingerprint density at radius 2 is 1.96 bits per heavy atom. The second-order valence-corrected chi connectivity index (χ2v) is 7.39. The highest BCUT2D eigenvalue weighted by molar-refractivity contribution is 6.34. The van der Waals surface area contributed by atoms with Crippen LogP contribution in [0.2, 0.25) is 5.02 Å². The highest BCUT2D eigenvalue weighted by Gasteiger charge is 2.27. The zero-order chi connectivity index (χ0) is 19.8. The maximum absolute atomic E-state index is 13.4. The molecule has 1 heterocycles. The van der Waals surface area contributed by atoms with Crippen molar-refractivity contribution >= 4 is 34.1 Å². The molecule has 1 saturated carbocycles. The van der Waals surface area contributed by atoms with Gasteiger partial charge in [0.2, 0.25) is 5.91 Å². The molecular weight excluding hydrogens is 376 g/mol. The largest absolute Gasteiger partial charge is 0.383 e. The summed E-state index contributed by atoms with van der Waals surface area (Å²) in [6.07, 6.45) is 3.91. The van der Waals surface area contributed by atoms with Gasteiger partial charge in [0.15, 0.2) is 5.43 Å². The van der Waals surface area contributed by atoms with Crippen LogP contribution in [-0.2, 0) is 0 Å². The molecule has 0 aliphatic heterocycles. The molecule has 0 radical (unpaired) electrons. The number of primary amides is 1. The molecule has 4 rings (SSSR count). The first-order valence-corrected chi connectivity index (χ1v) is 9.60. The molecule has 1 aliphatic carbocycles. The van der Waals surface area contributed by atoms with Crippen molar-refractivity contribution in [3.8, 4) is 11.1 Å². The highest BCUT2D eigenvalue weighted by Crippen LogP contribution is 2.39. The maximum Gasteiger partial charge on any atom is 0.249 e. The third-order valence-corrected chi connectivity index (χ3v) is 5.32. The van der Waals surface area contributed by atoms with E-state index in [2.05, 4.69) is 9.88 Å². The minimum atomic E-state index is -0.561. The molecule has 144 valence electrons. The lowest BCUT2D eigenvalue weighted by Crippen LogP contribution is -2.17. The molecule has 0 unspecified atom stereocenters. The molecule has 5 N–H and O–H groups in total. The molecule has 2 aromatic carbocycles. The first kappa shape index (κ1) is 18.5. The molecule has 0 spiro atoms. The number of halogens is 1. The summed E-state index contributed by atoms with van der Waals surface area (Å²) in [4.78, 5) is 25.3. The van der Waals surface area contributed by atoms with Crippen LogP contribution >= 0.6 is 11.6 Å². The van der Waals surface area contributed by atoms with E-state index in [9.17, 15) is 9.59 Å². The number of fused-ring (bicyclic) bond motifs is 1. The van der Waals surface area contributed by atoms with Crippen molar-refractivity contribution < 1.29 is 4.79 Å². The smallest absolute Gasteiger partial charge is 0.249 e. The molecule has 1 amide bonds. The molecule has 3 aromatic rings. The van der Waals surface area contributed by atoms with Gasteiger partial charge in [0.1, 0.15) is 0 Å². The second kappa shape index (κ2) is 7.30. The summed E-state index contributed by atoms with van der Waals surface area (Å²) in [7, 11) is 0. The number of anilines is 1. The second-order valence-electron chi connectivity index (χ2n) is 6.98. The molecular formula is C21H21ClN4O2. The zero-order valence-corrected chi connectivity index (χ0v) is 16.0. The number of carbonyl (C=O) groups is 1. The fourth-order valence-electron chi connectivity index (χ4n) is 3.49. The van der Waals surface area contributed by atoms with Gasteiger partial charge in [0, 0.05) is 41.8 Å². The molecule has 1 aromatic heterocycles. The molecule has 0 atom stereocenters. The monoisotopic (exact) mass is 396 g/mol. The van der Waals surface area contributed by atoms with E-state index in [1.54, 1.807) is 30.3 Å². The number of carbonyl (C=O) groups excluding carboxylic acids is 1. The normalized spacial score (nSPS) is 13.6. The molecule has 6 nitrogen and oxygen atoms in total. The summed E-state index contributed by atoms with van der Waals surface area (Å²) >= 11 is 6.43. The first-order chi connectivity index (χ1) is 13.5. The number of hydrogen-bond donors (Lipinski definition) is 3. The third-order valence-electron chi connectivity index (χ3n) is 5.00.